The number of amides is 1. The Bertz CT molecular complexity index is 1370. The number of carbonyl (C=O) groups excluding carboxylic acids is 1. The first kappa shape index (κ1) is 23.7. The van der Waals surface area contributed by atoms with E-state index in [1.54, 1.807) is 0 Å². The van der Waals surface area contributed by atoms with E-state index < -0.39 is 5.92 Å². The molecule has 37 heavy (non-hydrogen) atoms. The van der Waals surface area contributed by atoms with E-state index in [2.05, 4.69) is 25.4 Å². The van der Waals surface area contributed by atoms with Crippen molar-refractivity contribution < 1.29 is 23.0 Å². The maximum Gasteiger partial charge on any atom is 0.286 e. The number of aliphatic imine (C=N–C) groups is 1. The largest absolute Gasteiger partial charge is 0.473 e. The number of hydrogen-bond acceptors (Lipinski definition) is 7. The van der Waals surface area contributed by atoms with E-state index in [0.717, 1.165) is 36.7 Å². The Balaban J connectivity index is 1.23. The molecule has 1 amide bonds. The van der Waals surface area contributed by atoms with Crippen LogP contribution in [-0.2, 0) is 9.53 Å². The molecule has 6 rings (SSSR count). The number of morpholine rings is 1. The summed E-state index contributed by atoms with van der Waals surface area (Å²) in [5.74, 6) is -2.79. The van der Waals surface area contributed by atoms with Crippen molar-refractivity contribution in [1.82, 2.24) is 10.2 Å². The third-order valence-electron chi connectivity index (χ3n) is 7.39. The molecule has 1 saturated heterocycles. The molecule has 1 aromatic carbocycles. The van der Waals surface area contributed by atoms with Gasteiger partial charge in [0.1, 0.15) is 23.5 Å². The number of ether oxygens (including phenoxy) is 2. The summed E-state index contributed by atoms with van der Waals surface area (Å²) in [5, 5.41) is 11.7. The number of hydrogen-bond donors (Lipinski definition) is 1. The second kappa shape index (κ2) is 8.72. The number of halogens is 2. The van der Waals surface area contributed by atoms with Gasteiger partial charge in [0, 0.05) is 42.9 Å². The van der Waals surface area contributed by atoms with Gasteiger partial charge in [-0.1, -0.05) is 12.1 Å². The first-order valence-electron chi connectivity index (χ1n) is 12.4. The quantitative estimate of drug-likeness (QED) is 0.658. The molecule has 3 aliphatic heterocycles. The Morgan fingerprint density at radius 3 is 2.97 bits per heavy atom. The third kappa shape index (κ3) is 4.29. The number of allylic oxidation sites excluding steroid dienone is 3. The van der Waals surface area contributed by atoms with Crippen LogP contribution in [0.2, 0.25) is 0 Å². The van der Waals surface area contributed by atoms with Crippen molar-refractivity contribution in [2.24, 2.45) is 4.99 Å². The Labute approximate surface area is 213 Å². The van der Waals surface area contributed by atoms with E-state index in [-0.39, 0.29) is 23.2 Å². The molecule has 2 unspecified atom stereocenters. The van der Waals surface area contributed by atoms with Gasteiger partial charge in [0.2, 0.25) is 0 Å². The minimum Gasteiger partial charge on any atom is -0.473 e. The highest BCUT2D eigenvalue weighted by Gasteiger charge is 2.64. The van der Waals surface area contributed by atoms with Crippen molar-refractivity contribution in [2.75, 3.05) is 30.0 Å². The van der Waals surface area contributed by atoms with Gasteiger partial charge < -0.3 is 19.7 Å². The molecule has 4 heterocycles. The van der Waals surface area contributed by atoms with Gasteiger partial charge in [0.05, 0.1) is 18.4 Å². The zero-order valence-corrected chi connectivity index (χ0v) is 20.6. The summed E-state index contributed by atoms with van der Waals surface area (Å²) in [4.78, 5) is 19.1. The molecule has 1 aromatic heterocycles. The lowest BCUT2D eigenvalue weighted by Gasteiger charge is -2.41. The highest BCUT2D eigenvalue weighted by Crippen LogP contribution is 2.53. The summed E-state index contributed by atoms with van der Waals surface area (Å²) in [5.41, 5.74) is 4.11. The van der Waals surface area contributed by atoms with Gasteiger partial charge in [-0.2, -0.15) is 8.78 Å². The lowest BCUT2D eigenvalue weighted by Crippen LogP contribution is -2.52. The number of aromatic nitrogens is 2. The van der Waals surface area contributed by atoms with Crippen molar-refractivity contribution in [3.8, 4) is 17.1 Å². The molecule has 2 aromatic rings. The lowest BCUT2D eigenvalue weighted by molar-refractivity contribution is -0.113. The molecule has 2 atom stereocenters. The predicted octanol–water partition coefficient (Wildman–Crippen LogP) is 4.46. The Morgan fingerprint density at radius 2 is 2.14 bits per heavy atom. The number of aryl methyl sites for hydroxylation is 1. The molecule has 4 aliphatic rings. The average molecular weight is 508 g/mol. The normalized spacial score (nSPS) is 28.0. The molecule has 192 valence electrons. The minimum absolute atomic E-state index is 0.103. The summed E-state index contributed by atoms with van der Waals surface area (Å²) in [6.45, 7) is 4.79. The molecule has 1 saturated carbocycles. The molecule has 1 N–H and O–H groups in total. The molecule has 0 bridgehead atoms. The summed E-state index contributed by atoms with van der Waals surface area (Å²) < 4.78 is 38.9. The fourth-order valence-corrected chi connectivity index (χ4v) is 5.23. The zero-order chi connectivity index (χ0) is 25.8. The van der Waals surface area contributed by atoms with E-state index in [1.807, 2.05) is 31.2 Å². The van der Waals surface area contributed by atoms with Gasteiger partial charge in [0.25, 0.3) is 17.7 Å². The number of anilines is 2. The molecule has 10 heteroatoms. The zero-order valence-electron chi connectivity index (χ0n) is 20.6. The second-order valence-corrected chi connectivity index (χ2v) is 10.00. The van der Waals surface area contributed by atoms with Crippen LogP contribution in [0.3, 0.4) is 0 Å². The highest BCUT2D eigenvalue weighted by atomic mass is 19.3. The van der Waals surface area contributed by atoms with Crippen LogP contribution in [0, 0.1) is 6.92 Å². The van der Waals surface area contributed by atoms with Crippen molar-refractivity contribution >= 4 is 23.5 Å². The fourth-order valence-electron chi connectivity index (χ4n) is 5.23. The minimum atomic E-state index is -3.02. The van der Waals surface area contributed by atoms with Gasteiger partial charge in [-0.3, -0.25) is 9.79 Å². The summed E-state index contributed by atoms with van der Waals surface area (Å²) in [6, 6.07) is 7.61. The lowest BCUT2D eigenvalue weighted by atomic mass is 10.0. The molecule has 2 fully saturated rings. The van der Waals surface area contributed by atoms with E-state index in [1.165, 1.54) is 18.4 Å². The maximum atomic E-state index is 13.6. The SMILES string of the molecule is Cc1ccc(NC(=O)/C2=C/C=N\C(C(C)(F)F)=C\CC2)cc1-c1cc2c(nn1)OCC13CC1OCCN23. The van der Waals surface area contributed by atoms with Gasteiger partial charge in [0.15, 0.2) is 0 Å². The van der Waals surface area contributed by atoms with E-state index >= 15 is 0 Å². The van der Waals surface area contributed by atoms with Crippen LogP contribution in [0.1, 0.15) is 31.7 Å². The van der Waals surface area contributed by atoms with Crippen LogP contribution < -0.4 is 15.0 Å². The van der Waals surface area contributed by atoms with Crippen LogP contribution in [0.5, 0.6) is 5.88 Å². The number of rotatable bonds is 4. The highest BCUT2D eigenvalue weighted by molar-refractivity contribution is 6.06. The smallest absolute Gasteiger partial charge is 0.286 e. The Hall–Kier alpha value is -3.66. The molecular weight excluding hydrogens is 480 g/mol. The van der Waals surface area contributed by atoms with Crippen molar-refractivity contribution in [3.63, 3.8) is 0 Å². The van der Waals surface area contributed by atoms with Gasteiger partial charge >= 0.3 is 0 Å². The van der Waals surface area contributed by atoms with Crippen LogP contribution in [-0.4, -0.2) is 59.6 Å². The van der Waals surface area contributed by atoms with E-state index in [9.17, 15) is 13.6 Å². The third-order valence-corrected chi connectivity index (χ3v) is 7.39. The summed E-state index contributed by atoms with van der Waals surface area (Å²) in [6.07, 6.45) is 5.89. The van der Waals surface area contributed by atoms with Gasteiger partial charge in [-0.25, -0.2) is 0 Å². The van der Waals surface area contributed by atoms with Crippen LogP contribution >= 0.6 is 0 Å². The molecule has 1 spiro atoms. The number of benzene rings is 1. The van der Waals surface area contributed by atoms with E-state index in [4.69, 9.17) is 9.47 Å². The van der Waals surface area contributed by atoms with Crippen LogP contribution in [0.4, 0.5) is 20.2 Å². The van der Waals surface area contributed by atoms with E-state index in [0.29, 0.717) is 48.9 Å². The number of nitrogens with one attached hydrogen (secondary N) is 1. The monoisotopic (exact) mass is 507 g/mol. The van der Waals surface area contributed by atoms with Crippen molar-refractivity contribution in [3.05, 3.63) is 53.3 Å². The van der Waals surface area contributed by atoms with Gasteiger partial charge in [-0.15, -0.1) is 10.2 Å². The van der Waals surface area contributed by atoms with Crippen molar-refractivity contribution in [2.45, 2.75) is 50.7 Å². The standard InChI is InChI=1S/C27H27F2N5O3/c1-16-6-7-18(31-24(35)17-4-3-5-22(26(2,28)29)30-9-8-17)12-19(16)20-13-21-25(33-32-20)37-15-27-14-23(27)36-11-10-34(21)27/h5-9,12-13,23H,3-4,10-11,14-15H2,1-2H3,(H,31,35)/b17-8+,22-5+,30-9-. The van der Waals surface area contributed by atoms with Crippen LogP contribution in [0.15, 0.2) is 52.7 Å². The topological polar surface area (TPSA) is 88.9 Å². The number of fused-ring (bicyclic) bond motifs is 2. The Kier molecular flexibility index (Phi) is 5.59. The molecular formula is C27H27F2N5O3. The molecule has 1 aliphatic carbocycles. The first-order valence-corrected chi connectivity index (χ1v) is 12.4. The van der Waals surface area contributed by atoms with Gasteiger partial charge in [-0.05, 0) is 49.6 Å². The number of nitrogens with zero attached hydrogens (tertiary/aromatic N) is 4. The predicted molar refractivity (Wildman–Crippen MR) is 135 cm³/mol. The first-order chi connectivity index (χ1) is 17.7. The van der Waals surface area contributed by atoms with Crippen molar-refractivity contribution in [1.29, 1.82) is 0 Å². The number of carbonyl (C=O) groups is 1. The fraction of sp³-hybridized carbons (Fsp3) is 0.407. The van der Waals surface area contributed by atoms with Crippen LogP contribution in [0.25, 0.3) is 11.3 Å². The Morgan fingerprint density at radius 1 is 1.27 bits per heavy atom. The molecule has 8 nitrogen and oxygen atoms in total. The summed E-state index contributed by atoms with van der Waals surface area (Å²) in [7, 11) is 0. The average Bonchev–Trinajstić information content (AvgIpc) is 3.57. The number of alkyl halides is 2. The maximum absolute atomic E-state index is 13.6. The molecule has 0 radical (unpaired) electrons. The second-order valence-electron chi connectivity index (χ2n) is 10.00. The summed E-state index contributed by atoms with van der Waals surface area (Å²) >= 11 is 0.